The third-order valence-corrected chi connectivity index (χ3v) is 4.37. The smallest absolute Gasteiger partial charge is 0.0616 e. The monoisotopic (exact) mass is 276 g/mol. The maximum absolute atomic E-state index is 5.88. The van der Waals surface area contributed by atoms with Crippen molar-refractivity contribution in [2.75, 3.05) is 13.2 Å². The van der Waals surface area contributed by atoms with Crippen LogP contribution in [0.25, 0.3) is 0 Å². The van der Waals surface area contributed by atoms with Crippen LogP contribution >= 0.6 is 0 Å². The number of nitrogens with zero attached hydrogens (tertiary/aromatic N) is 1. The van der Waals surface area contributed by atoms with E-state index in [-0.39, 0.29) is 0 Å². The van der Waals surface area contributed by atoms with E-state index in [9.17, 15) is 0 Å². The highest BCUT2D eigenvalue weighted by Gasteiger charge is 2.33. The van der Waals surface area contributed by atoms with E-state index < -0.39 is 0 Å². The van der Waals surface area contributed by atoms with Gasteiger partial charge in [-0.1, -0.05) is 19.9 Å². The van der Waals surface area contributed by atoms with Crippen LogP contribution in [0.4, 0.5) is 0 Å². The number of aromatic nitrogens is 1. The minimum atomic E-state index is 0.411. The fourth-order valence-corrected chi connectivity index (χ4v) is 3.19. The first kappa shape index (κ1) is 15.5. The van der Waals surface area contributed by atoms with Gasteiger partial charge in [-0.15, -0.1) is 0 Å². The lowest BCUT2D eigenvalue weighted by Gasteiger charge is -2.28. The highest BCUT2D eigenvalue weighted by Crippen LogP contribution is 2.28. The average molecular weight is 276 g/mol. The van der Waals surface area contributed by atoms with Crippen LogP contribution in [0.3, 0.4) is 0 Å². The summed E-state index contributed by atoms with van der Waals surface area (Å²) in [5.41, 5.74) is 2.52. The van der Waals surface area contributed by atoms with Gasteiger partial charge in [0.15, 0.2) is 0 Å². The van der Waals surface area contributed by atoms with Crippen molar-refractivity contribution in [3.63, 3.8) is 0 Å². The standard InChI is InChI=1S/C17H28N2O/c1-4-9-18-16(14-8-11-20-17(14)5-2)12-15-13(3)7-6-10-19-15/h6-7,10,14,16-18H,4-5,8-9,11-12H2,1-3H3. The molecule has 1 aliphatic heterocycles. The molecule has 20 heavy (non-hydrogen) atoms. The molecular formula is C17H28N2O. The summed E-state index contributed by atoms with van der Waals surface area (Å²) < 4.78 is 5.88. The number of ether oxygens (including phenoxy) is 1. The van der Waals surface area contributed by atoms with Gasteiger partial charge in [0, 0.05) is 36.9 Å². The lowest BCUT2D eigenvalue weighted by atomic mass is 9.87. The molecule has 0 bridgehead atoms. The van der Waals surface area contributed by atoms with E-state index in [4.69, 9.17) is 4.74 Å². The summed E-state index contributed by atoms with van der Waals surface area (Å²) >= 11 is 0. The van der Waals surface area contributed by atoms with Crippen LogP contribution < -0.4 is 5.32 Å². The van der Waals surface area contributed by atoms with Gasteiger partial charge in [-0.2, -0.15) is 0 Å². The maximum atomic E-state index is 5.88. The molecule has 1 aliphatic rings. The lowest BCUT2D eigenvalue weighted by Crippen LogP contribution is -2.42. The van der Waals surface area contributed by atoms with E-state index in [1.54, 1.807) is 0 Å². The molecule has 0 spiro atoms. The fraction of sp³-hybridized carbons (Fsp3) is 0.706. The van der Waals surface area contributed by atoms with Crippen molar-refractivity contribution >= 4 is 0 Å². The predicted molar refractivity (Wildman–Crippen MR) is 82.9 cm³/mol. The molecule has 0 radical (unpaired) electrons. The quantitative estimate of drug-likeness (QED) is 0.831. The number of rotatable bonds is 7. The first-order chi connectivity index (χ1) is 9.76. The van der Waals surface area contributed by atoms with Crippen molar-refractivity contribution in [1.82, 2.24) is 10.3 Å². The number of aryl methyl sites for hydroxylation is 1. The third-order valence-electron chi connectivity index (χ3n) is 4.37. The molecule has 3 nitrogen and oxygen atoms in total. The number of hydrogen-bond acceptors (Lipinski definition) is 3. The van der Waals surface area contributed by atoms with Gasteiger partial charge in [0.1, 0.15) is 0 Å². The Hall–Kier alpha value is -0.930. The molecule has 0 amide bonds. The van der Waals surface area contributed by atoms with Gasteiger partial charge in [0.2, 0.25) is 0 Å². The number of hydrogen-bond donors (Lipinski definition) is 1. The van der Waals surface area contributed by atoms with Crippen LogP contribution in [-0.4, -0.2) is 30.3 Å². The van der Waals surface area contributed by atoms with Crippen molar-refractivity contribution in [3.8, 4) is 0 Å². The zero-order valence-electron chi connectivity index (χ0n) is 13.1. The molecule has 1 saturated heterocycles. The summed E-state index contributed by atoms with van der Waals surface area (Å²) in [6.45, 7) is 8.59. The van der Waals surface area contributed by atoms with Crippen LogP contribution in [0.2, 0.25) is 0 Å². The minimum Gasteiger partial charge on any atom is -0.378 e. The molecule has 0 saturated carbocycles. The Labute approximate surface area is 123 Å². The Morgan fingerprint density at radius 1 is 1.45 bits per heavy atom. The molecule has 3 heteroatoms. The zero-order chi connectivity index (χ0) is 14.4. The van der Waals surface area contributed by atoms with Gasteiger partial charge in [0.25, 0.3) is 0 Å². The second-order valence-electron chi connectivity index (χ2n) is 5.80. The van der Waals surface area contributed by atoms with E-state index in [0.29, 0.717) is 18.1 Å². The second kappa shape index (κ2) is 7.75. The van der Waals surface area contributed by atoms with E-state index in [1.807, 2.05) is 12.3 Å². The largest absolute Gasteiger partial charge is 0.378 e. The van der Waals surface area contributed by atoms with Crippen LogP contribution in [0.5, 0.6) is 0 Å². The molecule has 112 valence electrons. The Bertz CT molecular complexity index is 408. The Morgan fingerprint density at radius 2 is 2.30 bits per heavy atom. The van der Waals surface area contributed by atoms with Crippen molar-refractivity contribution in [1.29, 1.82) is 0 Å². The first-order valence-corrected chi connectivity index (χ1v) is 8.01. The molecule has 0 aromatic carbocycles. The summed E-state index contributed by atoms with van der Waals surface area (Å²) in [6, 6.07) is 4.65. The van der Waals surface area contributed by atoms with Gasteiger partial charge in [-0.3, -0.25) is 4.98 Å². The van der Waals surface area contributed by atoms with Crippen molar-refractivity contribution in [2.24, 2.45) is 5.92 Å². The Morgan fingerprint density at radius 3 is 3.00 bits per heavy atom. The lowest BCUT2D eigenvalue weighted by molar-refractivity contribution is 0.0773. The molecule has 1 fully saturated rings. The Kier molecular flexibility index (Phi) is 5.99. The minimum absolute atomic E-state index is 0.411. The van der Waals surface area contributed by atoms with E-state index in [0.717, 1.165) is 26.0 Å². The zero-order valence-corrected chi connectivity index (χ0v) is 13.1. The van der Waals surface area contributed by atoms with E-state index in [1.165, 1.54) is 24.1 Å². The van der Waals surface area contributed by atoms with Crippen LogP contribution in [0.1, 0.15) is 44.4 Å². The molecule has 0 aliphatic carbocycles. The summed E-state index contributed by atoms with van der Waals surface area (Å²) in [4.78, 5) is 4.57. The van der Waals surface area contributed by atoms with E-state index in [2.05, 4.69) is 37.1 Å². The molecule has 2 heterocycles. The average Bonchev–Trinajstić information content (AvgIpc) is 2.93. The highest BCUT2D eigenvalue weighted by molar-refractivity contribution is 5.19. The van der Waals surface area contributed by atoms with Gasteiger partial charge >= 0.3 is 0 Å². The van der Waals surface area contributed by atoms with Gasteiger partial charge in [-0.05, 0) is 44.4 Å². The molecule has 1 aromatic rings. The van der Waals surface area contributed by atoms with Crippen LogP contribution in [-0.2, 0) is 11.2 Å². The molecule has 1 N–H and O–H groups in total. The van der Waals surface area contributed by atoms with Gasteiger partial charge in [-0.25, -0.2) is 0 Å². The summed E-state index contributed by atoms with van der Waals surface area (Å²) in [5, 5.41) is 3.73. The SMILES string of the molecule is CCCNC(Cc1ncccc1C)C1CCOC1CC. The molecule has 2 rings (SSSR count). The predicted octanol–water partition coefficient (Wildman–Crippen LogP) is 3.12. The van der Waals surface area contributed by atoms with E-state index >= 15 is 0 Å². The molecule has 1 aromatic heterocycles. The highest BCUT2D eigenvalue weighted by atomic mass is 16.5. The topological polar surface area (TPSA) is 34.2 Å². The van der Waals surface area contributed by atoms with Gasteiger partial charge in [0.05, 0.1) is 6.10 Å². The summed E-state index contributed by atoms with van der Waals surface area (Å²) in [7, 11) is 0. The van der Waals surface area contributed by atoms with Crippen molar-refractivity contribution < 1.29 is 4.74 Å². The normalized spacial score (nSPS) is 23.9. The number of pyridine rings is 1. The van der Waals surface area contributed by atoms with Crippen LogP contribution in [0, 0.1) is 12.8 Å². The molecule has 3 unspecified atom stereocenters. The first-order valence-electron chi connectivity index (χ1n) is 8.01. The summed E-state index contributed by atoms with van der Waals surface area (Å²) in [5.74, 6) is 0.618. The van der Waals surface area contributed by atoms with Crippen molar-refractivity contribution in [2.45, 2.75) is 58.6 Å². The molecule has 3 atom stereocenters. The second-order valence-corrected chi connectivity index (χ2v) is 5.80. The number of nitrogens with one attached hydrogen (secondary N) is 1. The fourth-order valence-electron chi connectivity index (χ4n) is 3.19. The van der Waals surface area contributed by atoms with Crippen molar-refractivity contribution in [3.05, 3.63) is 29.6 Å². The van der Waals surface area contributed by atoms with Crippen LogP contribution in [0.15, 0.2) is 18.3 Å². The maximum Gasteiger partial charge on any atom is 0.0616 e. The third kappa shape index (κ3) is 3.80. The Balaban J connectivity index is 2.09. The van der Waals surface area contributed by atoms with Gasteiger partial charge < -0.3 is 10.1 Å². The molecular weight excluding hydrogens is 248 g/mol. The summed E-state index contributed by atoms with van der Waals surface area (Å²) in [6.07, 6.45) is 6.77.